The number of fused-ring (bicyclic) bond motifs is 1. The predicted octanol–water partition coefficient (Wildman–Crippen LogP) is -1.09. The first kappa shape index (κ1) is 6.58. The second kappa shape index (κ2) is 2.86. The van der Waals surface area contributed by atoms with Gasteiger partial charge in [-0.2, -0.15) is 0 Å². The highest BCUT2D eigenvalue weighted by atomic mass is 15.1. The fourth-order valence-corrected chi connectivity index (χ4v) is 1.77. The average Bonchev–Trinajstić information content (AvgIpc) is 2.28. The molecule has 3 heteroatoms. The zero-order valence-electron chi connectivity index (χ0n) is 6.19. The number of nitrogens with one attached hydrogen (secondary N) is 3. The van der Waals surface area contributed by atoms with Crippen molar-refractivity contribution in [3.8, 4) is 0 Å². The summed E-state index contributed by atoms with van der Waals surface area (Å²) < 4.78 is 0. The molecule has 2 unspecified atom stereocenters. The third-order valence-corrected chi connectivity index (χ3v) is 2.38. The Morgan fingerprint density at radius 3 is 2.10 bits per heavy atom. The maximum atomic E-state index is 3.52. The first-order valence-electron chi connectivity index (χ1n) is 4.14. The second-order valence-corrected chi connectivity index (χ2v) is 3.13. The molecule has 0 aromatic carbocycles. The van der Waals surface area contributed by atoms with E-state index < -0.39 is 0 Å². The molecular formula is C7H15N3. The van der Waals surface area contributed by atoms with Gasteiger partial charge in [-0.05, 0) is 19.5 Å². The molecule has 2 fully saturated rings. The molecule has 0 radical (unpaired) electrons. The molecular weight excluding hydrogens is 126 g/mol. The van der Waals surface area contributed by atoms with E-state index in [9.17, 15) is 0 Å². The Labute approximate surface area is 61.6 Å². The molecule has 0 aromatic heterocycles. The lowest BCUT2D eigenvalue weighted by Crippen LogP contribution is -2.43. The van der Waals surface area contributed by atoms with Crippen LogP contribution in [0.4, 0.5) is 0 Å². The van der Waals surface area contributed by atoms with Gasteiger partial charge >= 0.3 is 0 Å². The van der Waals surface area contributed by atoms with Crippen LogP contribution in [0.3, 0.4) is 0 Å². The SMILES string of the molecule is C1CNC2CNCC2NC1. The summed E-state index contributed by atoms with van der Waals surface area (Å²) in [6, 6.07) is 1.37. The van der Waals surface area contributed by atoms with Gasteiger partial charge in [0, 0.05) is 25.2 Å². The largest absolute Gasteiger partial charge is 0.314 e. The summed E-state index contributed by atoms with van der Waals surface area (Å²) in [5.74, 6) is 0. The van der Waals surface area contributed by atoms with E-state index in [2.05, 4.69) is 16.0 Å². The molecule has 2 aliphatic heterocycles. The molecule has 0 saturated carbocycles. The third-order valence-electron chi connectivity index (χ3n) is 2.38. The van der Waals surface area contributed by atoms with Crippen LogP contribution in [0.25, 0.3) is 0 Å². The standard InChI is InChI=1S/C7H15N3/c1-2-9-6-4-8-5-7(6)10-3-1/h6-10H,1-5H2. The summed E-state index contributed by atoms with van der Waals surface area (Å²) in [5.41, 5.74) is 0. The van der Waals surface area contributed by atoms with Crippen LogP contribution < -0.4 is 16.0 Å². The summed E-state index contributed by atoms with van der Waals surface area (Å²) in [6.07, 6.45) is 1.27. The van der Waals surface area contributed by atoms with E-state index in [0.717, 1.165) is 13.1 Å². The van der Waals surface area contributed by atoms with Crippen LogP contribution in [-0.2, 0) is 0 Å². The van der Waals surface area contributed by atoms with Crippen LogP contribution in [0.2, 0.25) is 0 Å². The predicted molar refractivity (Wildman–Crippen MR) is 41.1 cm³/mol. The van der Waals surface area contributed by atoms with E-state index in [4.69, 9.17) is 0 Å². The number of hydrogen-bond acceptors (Lipinski definition) is 3. The van der Waals surface area contributed by atoms with Crippen LogP contribution in [0.1, 0.15) is 6.42 Å². The summed E-state index contributed by atoms with van der Waals surface area (Å²) in [5, 5.41) is 10.4. The van der Waals surface area contributed by atoms with Crippen LogP contribution in [0, 0.1) is 0 Å². The van der Waals surface area contributed by atoms with Gasteiger partial charge in [0.25, 0.3) is 0 Å². The zero-order valence-corrected chi connectivity index (χ0v) is 6.19. The van der Waals surface area contributed by atoms with Gasteiger partial charge < -0.3 is 16.0 Å². The van der Waals surface area contributed by atoms with E-state index in [0.29, 0.717) is 12.1 Å². The van der Waals surface area contributed by atoms with Crippen LogP contribution in [0.15, 0.2) is 0 Å². The first-order chi connectivity index (χ1) is 4.97. The summed E-state index contributed by atoms with van der Waals surface area (Å²) in [6.45, 7) is 4.63. The highest BCUT2D eigenvalue weighted by Crippen LogP contribution is 2.02. The Bertz CT molecular complexity index is 103. The Morgan fingerprint density at radius 1 is 0.900 bits per heavy atom. The zero-order chi connectivity index (χ0) is 6.81. The van der Waals surface area contributed by atoms with Crippen LogP contribution in [0.5, 0.6) is 0 Å². The van der Waals surface area contributed by atoms with Crippen molar-refractivity contribution in [1.29, 1.82) is 0 Å². The van der Waals surface area contributed by atoms with Gasteiger partial charge in [-0.3, -0.25) is 0 Å². The summed E-state index contributed by atoms with van der Waals surface area (Å²) >= 11 is 0. The molecule has 0 spiro atoms. The highest BCUT2D eigenvalue weighted by Gasteiger charge is 2.26. The second-order valence-electron chi connectivity index (χ2n) is 3.13. The minimum Gasteiger partial charge on any atom is -0.314 e. The molecule has 58 valence electrons. The van der Waals surface area contributed by atoms with Crippen LogP contribution >= 0.6 is 0 Å². The van der Waals surface area contributed by atoms with Crippen molar-refractivity contribution in [2.24, 2.45) is 0 Å². The first-order valence-corrected chi connectivity index (χ1v) is 4.14. The molecule has 3 N–H and O–H groups in total. The van der Waals surface area contributed by atoms with Crippen molar-refractivity contribution in [1.82, 2.24) is 16.0 Å². The van der Waals surface area contributed by atoms with Gasteiger partial charge in [-0.25, -0.2) is 0 Å². The normalized spacial score (nSPS) is 40.8. The van der Waals surface area contributed by atoms with E-state index >= 15 is 0 Å². The van der Waals surface area contributed by atoms with Gasteiger partial charge in [0.15, 0.2) is 0 Å². The summed E-state index contributed by atoms with van der Waals surface area (Å²) in [4.78, 5) is 0. The Hall–Kier alpha value is -0.120. The lowest BCUT2D eigenvalue weighted by molar-refractivity contribution is 0.488. The Balaban J connectivity index is 1.95. The van der Waals surface area contributed by atoms with E-state index in [1.165, 1.54) is 19.5 Å². The smallest absolute Gasteiger partial charge is 0.0359 e. The molecule has 2 aliphatic rings. The minimum atomic E-state index is 0.683. The van der Waals surface area contributed by atoms with Gasteiger partial charge in [0.05, 0.1) is 0 Å². The molecule has 2 atom stereocenters. The van der Waals surface area contributed by atoms with Crippen molar-refractivity contribution < 1.29 is 0 Å². The van der Waals surface area contributed by atoms with Crippen molar-refractivity contribution in [2.75, 3.05) is 26.2 Å². The minimum absolute atomic E-state index is 0.683. The third kappa shape index (κ3) is 1.17. The lowest BCUT2D eigenvalue weighted by atomic mass is 10.2. The van der Waals surface area contributed by atoms with E-state index in [-0.39, 0.29) is 0 Å². The van der Waals surface area contributed by atoms with Crippen molar-refractivity contribution in [2.45, 2.75) is 18.5 Å². The van der Waals surface area contributed by atoms with Crippen molar-refractivity contribution in [3.05, 3.63) is 0 Å². The van der Waals surface area contributed by atoms with Gasteiger partial charge in [0.2, 0.25) is 0 Å². The fraction of sp³-hybridized carbons (Fsp3) is 1.00. The fourth-order valence-electron chi connectivity index (χ4n) is 1.77. The van der Waals surface area contributed by atoms with Gasteiger partial charge in [0.1, 0.15) is 0 Å². The number of hydrogen-bond donors (Lipinski definition) is 3. The molecule has 3 nitrogen and oxygen atoms in total. The Morgan fingerprint density at radius 2 is 1.50 bits per heavy atom. The molecule has 0 bridgehead atoms. The molecule has 10 heavy (non-hydrogen) atoms. The quantitative estimate of drug-likeness (QED) is 0.401. The molecule has 0 amide bonds. The lowest BCUT2D eigenvalue weighted by Gasteiger charge is -2.15. The topological polar surface area (TPSA) is 36.1 Å². The molecule has 2 rings (SSSR count). The van der Waals surface area contributed by atoms with E-state index in [1.807, 2.05) is 0 Å². The Kier molecular flexibility index (Phi) is 1.88. The molecule has 0 aromatic rings. The molecule has 0 aliphatic carbocycles. The molecule has 2 heterocycles. The average molecular weight is 141 g/mol. The van der Waals surface area contributed by atoms with Crippen molar-refractivity contribution >= 4 is 0 Å². The monoisotopic (exact) mass is 141 g/mol. The highest BCUT2D eigenvalue weighted by molar-refractivity contribution is 4.93. The van der Waals surface area contributed by atoms with E-state index in [1.54, 1.807) is 0 Å². The maximum absolute atomic E-state index is 3.52. The van der Waals surface area contributed by atoms with Crippen molar-refractivity contribution in [3.63, 3.8) is 0 Å². The van der Waals surface area contributed by atoms with Gasteiger partial charge in [-0.1, -0.05) is 0 Å². The maximum Gasteiger partial charge on any atom is 0.0359 e. The molecule has 2 saturated heterocycles. The number of rotatable bonds is 0. The summed E-state index contributed by atoms with van der Waals surface area (Å²) in [7, 11) is 0. The van der Waals surface area contributed by atoms with Gasteiger partial charge in [-0.15, -0.1) is 0 Å². The van der Waals surface area contributed by atoms with Crippen LogP contribution in [-0.4, -0.2) is 38.3 Å².